The standard InChI is InChI=1S/C36H56O6Si/c1-26-20-21-39-31(24-26)18-19-34(42-43(7,8)36(4,5)6)33-16-9-12-29(37)23-27(2)22-28(3)25-32-15-10-13-30(40-32)14-11-17-35(38)41-33/h9-13,17-20,28-34,37H,2,14-16,21-25H2,1,3-8H3/t28-,29-,30-,31+,32-,33-,34?/m0/s1. The molecule has 0 saturated heterocycles. The molecule has 0 amide bonds. The van der Waals surface area contributed by atoms with Gasteiger partial charge in [0.2, 0.25) is 0 Å². The molecule has 7 heteroatoms. The van der Waals surface area contributed by atoms with Gasteiger partial charge in [-0.15, -0.1) is 0 Å². The topological polar surface area (TPSA) is 74.2 Å². The van der Waals surface area contributed by atoms with Crippen LogP contribution >= 0.6 is 0 Å². The molecule has 3 aliphatic rings. The van der Waals surface area contributed by atoms with Gasteiger partial charge in [0.1, 0.15) is 12.2 Å². The van der Waals surface area contributed by atoms with Gasteiger partial charge in [-0.1, -0.05) is 94.0 Å². The molecule has 43 heavy (non-hydrogen) atoms. The number of aliphatic hydroxyl groups is 1. The number of cyclic esters (lactones) is 1. The SMILES string of the molecule is C=C1C[C@H](C)C[C@@H]2CC=C[C@@H](CC=CC(=O)O[C@H](C(C=C[C@@H]3CC(C)=CCO3)O[Si](C)(C)C(C)(C)C)CC=C[C@H](O)C1)O2. The zero-order valence-electron chi connectivity index (χ0n) is 27.6. The molecule has 240 valence electrons. The van der Waals surface area contributed by atoms with Crippen molar-refractivity contribution in [3.63, 3.8) is 0 Å². The van der Waals surface area contributed by atoms with Crippen LogP contribution in [0, 0.1) is 5.92 Å². The molecule has 0 saturated carbocycles. The average Bonchev–Trinajstić information content (AvgIpc) is 2.89. The first-order chi connectivity index (χ1) is 20.2. The summed E-state index contributed by atoms with van der Waals surface area (Å²) in [5, 5.41) is 10.8. The first kappa shape index (κ1) is 35.4. The monoisotopic (exact) mass is 612 g/mol. The van der Waals surface area contributed by atoms with E-state index in [4.69, 9.17) is 18.6 Å². The fourth-order valence-corrected chi connectivity index (χ4v) is 6.75. The number of hydrogen-bond donors (Lipinski definition) is 1. The highest BCUT2D eigenvalue weighted by atomic mass is 28.4. The number of carbonyl (C=O) groups excluding carboxylic acids is 1. The lowest BCUT2D eigenvalue weighted by molar-refractivity contribution is -0.146. The summed E-state index contributed by atoms with van der Waals surface area (Å²) >= 11 is 0. The molecule has 3 aliphatic heterocycles. The molecular weight excluding hydrogens is 556 g/mol. The second kappa shape index (κ2) is 16.3. The molecule has 3 rings (SSSR count). The third kappa shape index (κ3) is 12.1. The largest absolute Gasteiger partial charge is 0.456 e. The molecule has 6 nitrogen and oxygen atoms in total. The van der Waals surface area contributed by atoms with Crippen molar-refractivity contribution in [3.05, 3.63) is 72.4 Å². The highest BCUT2D eigenvalue weighted by Gasteiger charge is 2.41. The quantitative estimate of drug-likeness (QED) is 0.193. The van der Waals surface area contributed by atoms with Crippen LogP contribution in [0.4, 0.5) is 0 Å². The van der Waals surface area contributed by atoms with Crippen LogP contribution in [0.2, 0.25) is 18.1 Å². The van der Waals surface area contributed by atoms with Gasteiger partial charge in [0.15, 0.2) is 8.32 Å². The first-order valence-electron chi connectivity index (χ1n) is 16.1. The van der Waals surface area contributed by atoms with Crippen LogP contribution in [-0.4, -0.2) is 62.6 Å². The molecule has 1 unspecified atom stereocenters. The lowest BCUT2D eigenvalue weighted by Crippen LogP contribution is -2.47. The number of esters is 1. The number of ether oxygens (including phenoxy) is 3. The van der Waals surface area contributed by atoms with Gasteiger partial charge in [-0.3, -0.25) is 0 Å². The Kier molecular flexibility index (Phi) is 13.5. The predicted octanol–water partition coefficient (Wildman–Crippen LogP) is 7.92. The lowest BCUT2D eigenvalue weighted by Gasteiger charge is -2.40. The van der Waals surface area contributed by atoms with Crippen molar-refractivity contribution < 1.29 is 28.5 Å². The summed E-state index contributed by atoms with van der Waals surface area (Å²) in [6.45, 7) is 20.2. The maximum atomic E-state index is 13.2. The molecule has 3 heterocycles. The van der Waals surface area contributed by atoms with Gasteiger partial charge in [-0.25, -0.2) is 4.79 Å². The van der Waals surface area contributed by atoms with Gasteiger partial charge in [0.25, 0.3) is 0 Å². The smallest absolute Gasteiger partial charge is 0.330 e. The van der Waals surface area contributed by atoms with Gasteiger partial charge in [-0.2, -0.15) is 0 Å². The summed E-state index contributed by atoms with van der Waals surface area (Å²) in [5.74, 6) is -0.00889. The minimum absolute atomic E-state index is 0.0336. The molecule has 0 radical (unpaired) electrons. The van der Waals surface area contributed by atoms with E-state index in [-0.39, 0.29) is 23.4 Å². The van der Waals surface area contributed by atoms with Crippen molar-refractivity contribution in [2.75, 3.05) is 6.61 Å². The van der Waals surface area contributed by atoms with Gasteiger partial charge < -0.3 is 23.7 Å². The zero-order valence-corrected chi connectivity index (χ0v) is 28.6. The first-order valence-corrected chi connectivity index (χ1v) is 19.0. The van der Waals surface area contributed by atoms with E-state index in [0.29, 0.717) is 31.8 Å². The van der Waals surface area contributed by atoms with Gasteiger partial charge in [0.05, 0.1) is 31.0 Å². The third-order valence-corrected chi connectivity index (χ3v) is 13.4. The maximum absolute atomic E-state index is 13.2. The second-order valence-electron chi connectivity index (χ2n) is 14.2. The fraction of sp³-hybridized carbons (Fsp3) is 0.639. The van der Waals surface area contributed by atoms with Crippen molar-refractivity contribution in [2.45, 2.75) is 134 Å². The van der Waals surface area contributed by atoms with Gasteiger partial charge in [0, 0.05) is 12.5 Å². The Morgan fingerprint density at radius 3 is 2.56 bits per heavy atom. The van der Waals surface area contributed by atoms with E-state index in [9.17, 15) is 9.90 Å². The molecular formula is C36H56O6Si. The molecule has 0 fully saturated rings. The van der Waals surface area contributed by atoms with Crippen LogP contribution in [0.25, 0.3) is 0 Å². The molecule has 0 aliphatic carbocycles. The summed E-state index contributed by atoms with van der Waals surface area (Å²) in [4.78, 5) is 13.2. The highest BCUT2D eigenvalue weighted by Crippen LogP contribution is 2.38. The maximum Gasteiger partial charge on any atom is 0.330 e. The van der Waals surface area contributed by atoms with Crippen molar-refractivity contribution >= 4 is 14.3 Å². The van der Waals surface area contributed by atoms with E-state index >= 15 is 0 Å². The number of carbonyl (C=O) groups is 1. The van der Waals surface area contributed by atoms with Crippen LogP contribution < -0.4 is 0 Å². The van der Waals surface area contributed by atoms with Crippen LogP contribution in [0.3, 0.4) is 0 Å². The third-order valence-electron chi connectivity index (χ3n) is 8.92. The van der Waals surface area contributed by atoms with Crippen molar-refractivity contribution in [1.29, 1.82) is 0 Å². The van der Waals surface area contributed by atoms with Gasteiger partial charge >= 0.3 is 5.97 Å². The molecule has 1 N–H and O–H groups in total. The summed E-state index contributed by atoms with van der Waals surface area (Å²) < 4.78 is 25.3. The molecule has 0 spiro atoms. The Morgan fingerprint density at radius 2 is 1.84 bits per heavy atom. The molecule has 0 aromatic rings. The minimum atomic E-state index is -2.25. The number of fused-ring (bicyclic) bond motifs is 2. The lowest BCUT2D eigenvalue weighted by atomic mass is 9.91. The molecule has 2 bridgehead atoms. The van der Waals surface area contributed by atoms with E-state index in [1.807, 2.05) is 18.2 Å². The number of aliphatic hydroxyl groups excluding tert-OH is 1. The van der Waals surface area contributed by atoms with Crippen molar-refractivity contribution in [1.82, 2.24) is 0 Å². The Bertz CT molecular complexity index is 1080. The van der Waals surface area contributed by atoms with E-state index in [1.54, 1.807) is 6.08 Å². The van der Waals surface area contributed by atoms with E-state index in [2.05, 4.69) is 78.6 Å². The fourth-order valence-electron chi connectivity index (χ4n) is 5.48. The Labute approximate surface area is 261 Å². The summed E-state index contributed by atoms with van der Waals surface area (Å²) in [6.07, 6.45) is 20.8. The Morgan fingerprint density at radius 1 is 1.09 bits per heavy atom. The number of rotatable bonds is 5. The van der Waals surface area contributed by atoms with E-state index in [0.717, 1.165) is 31.3 Å². The predicted molar refractivity (Wildman–Crippen MR) is 177 cm³/mol. The molecule has 7 atom stereocenters. The molecule has 0 aromatic heterocycles. The summed E-state index contributed by atoms with van der Waals surface area (Å²) in [6, 6.07) is 0. The van der Waals surface area contributed by atoms with Crippen LogP contribution in [0.5, 0.6) is 0 Å². The summed E-state index contributed by atoms with van der Waals surface area (Å²) in [5.41, 5.74) is 2.32. The Balaban J connectivity index is 1.89. The normalized spacial score (nSPS) is 31.3. The van der Waals surface area contributed by atoms with Gasteiger partial charge in [-0.05, 0) is 69.5 Å². The highest BCUT2D eigenvalue weighted by molar-refractivity contribution is 6.74. The summed E-state index contributed by atoms with van der Waals surface area (Å²) in [7, 11) is -2.25. The van der Waals surface area contributed by atoms with Crippen molar-refractivity contribution in [3.8, 4) is 0 Å². The number of hydrogen-bond acceptors (Lipinski definition) is 6. The van der Waals surface area contributed by atoms with E-state index in [1.165, 1.54) is 11.6 Å². The van der Waals surface area contributed by atoms with Crippen LogP contribution in [0.1, 0.15) is 79.6 Å². The van der Waals surface area contributed by atoms with Crippen molar-refractivity contribution in [2.24, 2.45) is 5.92 Å². The van der Waals surface area contributed by atoms with E-state index < -0.39 is 32.6 Å². The minimum Gasteiger partial charge on any atom is -0.456 e. The second-order valence-corrected chi connectivity index (χ2v) is 18.9. The Hall–Kier alpha value is -2.03. The van der Waals surface area contributed by atoms with Crippen LogP contribution in [-0.2, 0) is 23.4 Å². The molecule has 0 aromatic carbocycles. The average molecular weight is 613 g/mol. The van der Waals surface area contributed by atoms with Crippen LogP contribution in [0.15, 0.2) is 72.4 Å². The zero-order chi connectivity index (χ0) is 31.6.